The summed E-state index contributed by atoms with van der Waals surface area (Å²) in [5.41, 5.74) is 0. The molecule has 0 spiro atoms. The molecule has 0 radical (unpaired) electrons. The number of carbonyl (C=O) groups is 2. The summed E-state index contributed by atoms with van der Waals surface area (Å²) >= 11 is 0. The summed E-state index contributed by atoms with van der Waals surface area (Å²) < 4.78 is 35.4. The molecule has 0 aliphatic rings. The van der Waals surface area contributed by atoms with Gasteiger partial charge in [-0.2, -0.15) is 8.42 Å². The first-order valence-electron chi connectivity index (χ1n) is 7.13. The molecule has 2 N–H and O–H groups in total. The molecular formula is C13H25NaO7S. The van der Waals surface area contributed by atoms with Gasteiger partial charge in [-0.25, -0.2) is 0 Å². The van der Waals surface area contributed by atoms with Crippen molar-refractivity contribution in [3.05, 3.63) is 0 Å². The van der Waals surface area contributed by atoms with Crippen molar-refractivity contribution in [2.75, 3.05) is 6.61 Å². The zero-order valence-electron chi connectivity index (χ0n) is 12.3. The van der Waals surface area contributed by atoms with Gasteiger partial charge in [-0.3, -0.25) is 14.1 Å². The topological polar surface area (TPSA) is 118 Å². The van der Waals surface area contributed by atoms with Gasteiger partial charge in [0.25, 0.3) is 10.1 Å². The monoisotopic (exact) mass is 348 g/mol. The summed E-state index contributed by atoms with van der Waals surface area (Å²) in [7, 11) is -4.77. The molecule has 0 saturated carbocycles. The predicted molar refractivity (Wildman–Crippen MR) is 83.7 cm³/mol. The maximum absolute atomic E-state index is 11.5. The number of aliphatic carboxylic acids is 1. The number of carboxylic acid groups (broad SMARTS) is 1. The summed E-state index contributed by atoms with van der Waals surface area (Å²) in [5.74, 6) is -2.71. The number of carboxylic acids is 1. The summed E-state index contributed by atoms with van der Waals surface area (Å²) in [4.78, 5) is 22.0. The van der Waals surface area contributed by atoms with E-state index in [4.69, 9.17) is 14.4 Å². The van der Waals surface area contributed by atoms with E-state index in [9.17, 15) is 18.0 Å². The Kier molecular flexibility index (Phi) is 14.6. The fraction of sp³-hybridized carbons (Fsp3) is 0.846. The van der Waals surface area contributed by atoms with Gasteiger partial charge in [-0.1, -0.05) is 45.4 Å². The Morgan fingerprint density at radius 1 is 1.05 bits per heavy atom. The van der Waals surface area contributed by atoms with Crippen LogP contribution in [0.15, 0.2) is 0 Å². The second kappa shape index (κ2) is 13.3. The second-order valence-corrected chi connectivity index (χ2v) is 6.49. The third-order valence-corrected chi connectivity index (χ3v) is 4.05. The normalized spacial score (nSPS) is 12.3. The first-order valence-corrected chi connectivity index (χ1v) is 8.64. The third-order valence-electron chi connectivity index (χ3n) is 2.97. The Labute approximate surface area is 153 Å². The van der Waals surface area contributed by atoms with Crippen molar-refractivity contribution in [2.45, 2.75) is 63.5 Å². The Bertz CT molecular complexity index is 422. The fourth-order valence-corrected chi connectivity index (χ4v) is 2.46. The molecule has 0 rings (SSSR count). The molecule has 0 saturated heterocycles. The Balaban J connectivity index is 0. The van der Waals surface area contributed by atoms with Gasteiger partial charge in [0.2, 0.25) is 0 Å². The quantitative estimate of drug-likeness (QED) is 0.237. The summed E-state index contributed by atoms with van der Waals surface area (Å²) in [6.07, 6.45) is 6.07. The molecular weight excluding hydrogens is 323 g/mol. The molecule has 0 aliphatic heterocycles. The molecule has 126 valence electrons. The van der Waals surface area contributed by atoms with E-state index in [0.29, 0.717) is 6.42 Å². The molecule has 0 fully saturated rings. The van der Waals surface area contributed by atoms with E-state index >= 15 is 0 Å². The van der Waals surface area contributed by atoms with E-state index in [-0.39, 0.29) is 36.2 Å². The van der Waals surface area contributed by atoms with Crippen LogP contribution in [-0.2, 0) is 24.4 Å². The van der Waals surface area contributed by atoms with Gasteiger partial charge in [0.05, 0.1) is 13.0 Å². The molecule has 1 atom stereocenters. The number of hydrogen-bond donors (Lipinski definition) is 2. The molecule has 0 aromatic heterocycles. The van der Waals surface area contributed by atoms with Crippen molar-refractivity contribution in [1.29, 1.82) is 0 Å². The summed E-state index contributed by atoms with van der Waals surface area (Å²) in [6.45, 7) is 2.15. The zero-order chi connectivity index (χ0) is 16.3. The van der Waals surface area contributed by atoms with E-state index in [1.807, 2.05) is 0 Å². The molecule has 9 heteroatoms. The Hall–Kier alpha value is -0.150. The summed E-state index contributed by atoms with van der Waals surface area (Å²) in [5, 5.41) is 6.47. The van der Waals surface area contributed by atoms with Crippen LogP contribution in [0.3, 0.4) is 0 Å². The SMILES string of the molecule is CCCCCCCCCOC(=O)C(CC(=O)O)S(=O)(=O)O.[NaH]. The fourth-order valence-electron chi connectivity index (χ4n) is 1.79. The minimum absolute atomic E-state index is 0. The van der Waals surface area contributed by atoms with Gasteiger partial charge in [0, 0.05) is 0 Å². The van der Waals surface area contributed by atoms with Crippen LogP contribution in [-0.4, -0.2) is 71.4 Å². The average Bonchev–Trinajstić information content (AvgIpc) is 2.37. The van der Waals surface area contributed by atoms with Gasteiger partial charge in [0.15, 0.2) is 5.25 Å². The van der Waals surface area contributed by atoms with Crippen molar-refractivity contribution in [2.24, 2.45) is 0 Å². The van der Waals surface area contributed by atoms with Crippen LogP contribution in [0.4, 0.5) is 0 Å². The number of hydrogen-bond acceptors (Lipinski definition) is 5. The van der Waals surface area contributed by atoms with Crippen LogP contribution in [0, 0.1) is 0 Å². The first kappa shape index (κ1) is 24.1. The third kappa shape index (κ3) is 12.4. The van der Waals surface area contributed by atoms with Crippen LogP contribution in [0.25, 0.3) is 0 Å². The Morgan fingerprint density at radius 3 is 2.00 bits per heavy atom. The van der Waals surface area contributed by atoms with Gasteiger partial charge in [-0.05, 0) is 6.42 Å². The van der Waals surface area contributed by atoms with Crippen molar-refractivity contribution in [1.82, 2.24) is 0 Å². The van der Waals surface area contributed by atoms with Crippen LogP contribution >= 0.6 is 0 Å². The molecule has 7 nitrogen and oxygen atoms in total. The Morgan fingerprint density at radius 2 is 1.55 bits per heavy atom. The number of rotatable bonds is 12. The first-order chi connectivity index (χ1) is 9.79. The predicted octanol–water partition coefficient (Wildman–Crippen LogP) is 1.36. The maximum atomic E-state index is 11.5. The molecule has 0 amide bonds. The van der Waals surface area contributed by atoms with Gasteiger partial charge < -0.3 is 9.84 Å². The molecule has 0 heterocycles. The van der Waals surface area contributed by atoms with Crippen LogP contribution in [0.5, 0.6) is 0 Å². The standard InChI is InChI=1S/C13H24O7S.Na.H/c1-2-3-4-5-6-7-8-9-20-13(16)11(10-12(14)15)21(17,18)19;;/h11H,2-10H2,1H3,(H,14,15)(H,17,18,19);;. The average molecular weight is 348 g/mol. The van der Waals surface area contributed by atoms with Crippen molar-refractivity contribution in [3.63, 3.8) is 0 Å². The molecule has 0 aromatic carbocycles. The second-order valence-electron chi connectivity index (χ2n) is 4.89. The van der Waals surface area contributed by atoms with Gasteiger partial charge >= 0.3 is 41.5 Å². The zero-order valence-corrected chi connectivity index (χ0v) is 13.1. The van der Waals surface area contributed by atoms with E-state index in [1.54, 1.807) is 0 Å². The molecule has 0 bridgehead atoms. The van der Waals surface area contributed by atoms with Gasteiger partial charge in [-0.15, -0.1) is 0 Å². The molecule has 22 heavy (non-hydrogen) atoms. The van der Waals surface area contributed by atoms with Crippen LogP contribution in [0.2, 0.25) is 0 Å². The van der Waals surface area contributed by atoms with Crippen molar-refractivity contribution >= 4 is 51.6 Å². The number of ether oxygens (including phenoxy) is 1. The van der Waals surface area contributed by atoms with Gasteiger partial charge in [0.1, 0.15) is 0 Å². The van der Waals surface area contributed by atoms with E-state index < -0.39 is 33.7 Å². The molecule has 1 unspecified atom stereocenters. The van der Waals surface area contributed by atoms with E-state index in [1.165, 1.54) is 12.8 Å². The number of esters is 1. The van der Waals surface area contributed by atoms with E-state index in [0.717, 1.165) is 25.7 Å². The molecule has 0 aromatic rings. The number of carbonyl (C=O) groups excluding carboxylic acids is 1. The number of unbranched alkanes of at least 4 members (excludes halogenated alkanes) is 6. The van der Waals surface area contributed by atoms with Crippen molar-refractivity contribution in [3.8, 4) is 0 Å². The molecule has 0 aliphatic carbocycles. The minimum atomic E-state index is -4.77. The van der Waals surface area contributed by atoms with Crippen LogP contribution < -0.4 is 0 Å². The summed E-state index contributed by atoms with van der Waals surface area (Å²) in [6, 6.07) is 0. The van der Waals surface area contributed by atoms with Crippen molar-refractivity contribution < 1.29 is 32.4 Å². The van der Waals surface area contributed by atoms with E-state index in [2.05, 4.69) is 6.92 Å². The van der Waals surface area contributed by atoms with Crippen LogP contribution in [0.1, 0.15) is 58.3 Å².